The van der Waals surface area contributed by atoms with Crippen molar-refractivity contribution < 1.29 is 4.79 Å². The lowest BCUT2D eigenvalue weighted by Gasteiger charge is -2.08. The van der Waals surface area contributed by atoms with Gasteiger partial charge in [0.2, 0.25) is 5.91 Å². The molecule has 0 aliphatic heterocycles. The average molecular weight is 298 g/mol. The number of nitrogens with two attached hydrogens (primary N) is 1. The van der Waals surface area contributed by atoms with Gasteiger partial charge < -0.3 is 16.4 Å². The summed E-state index contributed by atoms with van der Waals surface area (Å²) in [4.78, 5) is 15.8. The lowest BCUT2D eigenvalue weighted by molar-refractivity contribution is -0.116. The van der Waals surface area contributed by atoms with E-state index in [2.05, 4.69) is 27.8 Å². The van der Waals surface area contributed by atoms with E-state index < -0.39 is 0 Å². The molecule has 5 nitrogen and oxygen atoms in total. The Hall–Kier alpha value is -2.40. The molecule has 0 saturated carbocycles. The molecule has 0 fully saturated rings. The molecule has 0 atom stereocenters. The third-order valence-electron chi connectivity index (χ3n) is 3.22. The van der Waals surface area contributed by atoms with Crippen LogP contribution in [0.5, 0.6) is 0 Å². The number of pyridine rings is 1. The Bertz CT molecular complexity index is 569. The number of amides is 1. The Morgan fingerprint density at radius 3 is 2.64 bits per heavy atom. The van der Waals surface area contributed by atoms with Crippen molar-refractivity contribution in [3.63, 3.8) is 0 Å². The van der Waals surface area contributed by atoms with Crippen molar-refractivity contribution in [2.75, 3.05) is 23.7 Å². The van der Waals surface area contributed by atoms with Gasteiger partial charge in [-0.05, 0) is 37.1 Å². The number of carbonyl (C=O) groups is 1. The summed E-state index contributed by atoms with van der Waals surface area (Å²) in [5.74, 6) is 0.512. The number of benzene rings is 1. The smallest absolute Gasteiger partial charge is 0.225 e. The third kappa shape index (κ3) is 5.54. The molecule has 1 aromatic heterocycles. The lowest BCUT2D eigenvalue weighted by atomic mass is 10.1. The molecule has 2 aromatic rings. The molecular weight excluding hydrogens is 276 g/mol. The molecule has 22 heavy (non-hydrogen) atoms. The fourth-order valence-corrected chi connectivity index (χ4v) is 2.04. The minimum atomic E-state index is -0.0530. The summed E-state index contributed by atoms with van der Waals surface area (Å²) < 4.78 is 0. The van der Waals surface area contributed by atoms with Crippen LogP contribution in [0.3, 0.4) is 0 Å². The number of rotatable bonds is 8. The molecule has 5 heteroatoms. The van der Waals surface area contributed by atoms with E-state index in [9.17, 15) is 4.79 Å². The van der Waals surface area contributed by atoms with Gasteiger partial charge in [-0.3, -0.25) is 4.79 Å². The van der Waals surface area contributed by atoms with E-state index >= 15 is 0 Å². The topological polar surface area (TPSA) is 80.0 Å². The summed E-state index contributed by atoms with van der Waals surface area (Å²) in [7, 11) is 0. The van der Waals surface area contributed by atoms with Gasteiger partial charge in [0.15, 0.2) is 0 Å². The van der Waals surface area contributed by atoms with E-state index in [1.54, 1.807) is 12.3 Å². The molecule has 2 rings (SSSR count). The second kappa shape index (κ2) is 8.79. The number of hydrogen-bond donors (Lipinski definition) is 3. The van der Waals surface area contributed by atoms with Gasteiger partial charge in [-0.1, -0.05) is 30.3 Å². The maximum atomic E-state index is 11.6. The Kier molecular flexibility index (Phi) is 6.39. The number of aromatic nitrogens is 1. The highest BCUT2D eigenvalue weighted by atomic mass is 16.1. The van der Waals surface area contributed by atoms with Crippen molar-refractivity contribution >= 4 is 17.4 Å². The maximum absolute atomic E-state index is 11.6. The fraction of sp³-hybridized carbons (Fsp3) is 0.294. The highest BCUT2D eigenvalue weighted by Crippen LogP contribution is 2.10. The normalized spacial score (nSPS) is 10.2. The predicted molar refractivity (Wildman–Crippen MR) is 89.8 cm³/mol. The van der Waals surface area contributed by atoms with Crippen LogP contribution >= 0.6 is 0 Å². The Morgan fingerprint density at radius 2 is 1.95 bits per heavy atom. The second-order valence-corrected chi connectivity index (χ2v) is 5.03. The molecule has 0 unspecified atom stereocenters. The Labute approximate surface area is 130 Å². The predicted octanol–water partition coefficient (Wildman–Crippen LogP) is 2.41. The first kappa shape index (κ1) is 16.0. The summed E-state index contributed by atoms with van der Waals surface area (Å²) in [5.41, 5.74) is 7.61. The molecule has 0 spiro atoms. The van der Waals surface area contributed by atoms with Gasteiger partial charge in [0.1, 0.15) is 5.82 Å². The van der Waals surface area contributed by atoms with Crippen LogP contribution in [0.15, 0.2) is 48.7 Å². The van der Waals surface area contributed by atoms with Crippen molar-refractivity contribution in [2.45, 2.75) is 19.3 Å². The van der Waals surface area contributed by atoms with Crippen LogP contribution in [-0.2, 0) is 11.2 Å². The number of anilines is 2. The lowest BCUT2D eigenvalue weighted by Crippen LogP contribution is -2.14. The van der Waals surface area contributed by atoms with Crippen molar-refractivity contribution in [2.24, 2.45) is 5.73 Å². The minimum Gasteiger partial charge on any atom is -0.383 e. The van der Waals surface area contributed by atoms with Crippen molar-refractivity contribution in [3.05, 3.63) is 54.2 Å². The molecule has 0 saturated heterocycles. The number of nitrogens with one attached hydrogen (secondary N) is 2. The number of nitrogens with zero attached hydrogens (tertiary/aromatic N) is 1. The zero-order valence-corrected chi connectivity index (χ0v) is 12.6. The monoisotopic (exact) mass is 298 g/mol. The molecule has 0 bridgehead atoms. The molecule has 1 heterocycles. The van der Waals surface area contributed by atoms with Crippen LogP contribution in [0, 0.1) is 0 Å². The van der Waals surface area contributed by atoms with Gasteiger partial charge in [0.25, 0.3) is 0 Å². The summed E-state index contributed by atoms with van der Waals surface area (Å²) >= 11 is 0. The van der Waals surface area contributed by atoms with Gasteiger partial charge in [0, 0.05) is 13.0 Å². The molecule has 0 aliphatic carbocycles. The van der Waals surface area contributed by atoms with E-state index in [0.717, 1.165) is 18.7 Å². The largest absolute Gasteiger partial charge is 0.383 e. The maximum Gasteiger partial charge on any atom is 0.225 e. The van der Waals surface area contributed by atoms with E-state index in [-0.39, 0.29) is 5.91 Å². The average Bonchev–Trinajstić information content (AvgIpc) is 2.55. The van der Waals surface area contributed by atoms with Crippen LogP contribution in [0.4, 0.5) is 11.5 Å². The minimum absolute atomic E-state index is 0.0530. The molecular formula is C17H22N4O. The first-order valence-corrected chi connectivity index (χ1v) is 7.51. The molecule has 0 aliphatic rings. The summed E-state index contributed by atoms with van der Waals surface area (Å²) in [5, 5.41) is 6.07. The first-order valence-electron chi connectivity index (χ1n) is 7.51. The number of hydrogen-bond acceptors (Lipinski definition) is 4. The Morgan fingerprint density at radius 1 is 1.14 bits per heavy atom. The summed E-state index contributed by atoms with van der Waals surface area (Å²) in [6, 6.07) is 14.0. The fourth-order valence-electron chi connectivity index (χ4n) is 2.04. The zero-order chi connectivity index (χ0) is 15.6. The van der Waals surface area contributed by atoms with Gasteiger partial charge in [0.05, 0.1) is 11.9 Å². The molecule has 1 aromatic carbocycles. The van der Waals surface area contributed by atoms with E-state index in [1.807, 2.05) is 24.3 Å². The highest BCUT2D eigenvalue weighted by Gasteiger charge is 2.02. The van der Waals surface area contributed by atoms with Crippen LogP contribution in [0.25, 0.3) is 0 Å². The standard InChI is InChI=1S/C17H22N4O/c18-11-4-7-17(22)21-16-9-8-15(13-20-16)19-12-10-14-5-2-1-3-6-14/h1-3,5-6,8-9,13,19H,4,7,10-12,18H2,(H,20,21,22). The summed E-state index contributed by atoms with van der Waals surface area (Å²) in [6.07, 6.45) is 3.79. The Balaban J connectivity index is 1.75. The second-order valence-electron chi connectivity index (χ2n) is 5.03. The van der Waals surface area contributed by atoms with E-state index in [0.29, 0.717) is 25.2 Å². The van der Waals surface area contributed by atoms with Crippen LogP contribution in [-0.4, -0.2) is 24.0 Å². The first-order chi connectivity index (χ1) is 10.8. The molecule has 0 radical (unpaired) electrons. The third-order valence-corrected chi connectivity index (χ3v) is 3.22. The summed E-state index contributed by atoms with van der Waals surface area (Å²) in [6.45, 7) is 1.36. The highest BCUT2D eigenvalue weighted by molar-refractivity contribution is 5.89. The van der Waals surface area contributed by atoms with E-state index in [1.165, 1.54) is 5.56 Å². The van der Waals surface area contributed by atoms with Crippen LogP contribution in [0.1, 0.15) is 18.4 Å². The van der Waals surface area contributed by atoms with Gasteiger partial charge in [-0.2, -0.15) is 0 Å². The SMILES string of the molecule is NCCCC(=O)Nc1ccc(NCCc2ccccc2)cn1. The van der Waals surface area contributed by atoms with Gasteiger partial charge in [-0.15, -0.1) is 0 Å². The zero-order valence-electron chi connectivity index (χ0n) is 12.6. The molecule has 4 N–H and O–H groups in total. The molecule has 116 valence electrons. The van der Waals surface area contributed by atoms with Crippen molar-refractivity contribution in [3.8, 4) is 0 Å². The quantitative estimate of drug-likeness (QED) is 0.699. The van der Waals surface area contributed by atoms with Crippen LogP contribution < -0.4 is 16.4 Å². The molecule has 1 amide bonds. The van der Waals surface area contributed by atoms with Gasteiger partial charge >= 0.3 is 0 Å². The van der Waals surface area contributed by atoms with Crippen molar-refractivity contribution in [1.29, 1.82) is 0 Å². The van der Waals surface area contributed by atoms with Crippen molar-refractivity contribution in [1.82, 2.24) is 4.98 Å². The van der Waals surface area contributed by atoms with Gasteiger partial charge in [-0.25, -0.2) is 4.98 Å². The van der Waals surface area contributed by atoms with E-state index in [4.69, 9.17) is 5.73 Å². The van der Waals surface area contributed by atoms with Crippen LogP contribution in [0.2, 0.25) is 0 Å². The number of carbonyl (C=O) groups excluding carboxylic acids is 1.